The van der Waals surface area contributed by atoms with Crippen LogP contribution in [0.5, 0.6) is 0 Å². The fourth-order valence-electron chi connectivity index (χ4n) is 6.76. The predicted octanol–water partition coefficient (Wildman–Crippen LogP) is 7.50. The number of aromatic nitrogens is 4. The number of carbonyl (C=O) groups is 1. The van der Waals surface area contributed by atoms with E-state index in [9.17, 15) is 4.79 Å². The van der Waals surface area contributed by atoms with Crippen LogP contribution in [0.1, 0.15) is 46.7 Å². The molecule has 0 unspecified atom stereocenters. The first kappa shape index (κ1) is 28.3. The molecule has 8 nitrogen and oxygen atoms in total. The molecule has 6 aromatic rings. The maximum absolute atomic E-state index is 14.9. The lowest BCUT2D eigenvalue weighted by Crippen LogP contribution is -2.50. The third kappa shape index (κ3) is 4.95. The highest BCUT2D eigenvalue weighted by molar-refractivity contribution is 6.29. The van der Waals surface area contributed by atoms with E-state index in [0.717, 1.165) is 46.6 Å². The second-order valence-corrected chi connectivity index (χ2v) is 12.3. The zero-order valence-corrected chi connectivity index (χ0v) is 25.9. The molecular formula is C37H32ClN7O. The van der Waals surface area contributed by atoms with Crippen molar-refractivity contribution in [2.24, 2.45) is 0 Å². The minimum atomic E-state index is -0.830. The van der Waals surface area contributed by atoms with Gasteiger partial charge in [-0.3, -0.25) is 4.90 Å². The highest BCUT2D eigenvalue weighted by atomic mass is 35.5. The number of rotatable bonds is 9. The van der Waals surface area contributed by atoms with Crippen molar-refractivity contribution in [1.82, 2.24) is 24.3 Å². The second kappa shape index (κ2) is 11.6. The Morgan fingerprint density at radius 1 is 0.804 bits per heavy atom. The van der Waals surface area contributed by atoms with Gasteiger partial charge in [-0.15, -0.1) is 0 Å². The van der Waals surface area contributed by atoms with E-state index < -0.39 is 5.54 Å². The smallest absolute Gasteiger partial charge is 0.326 e. The molecular weight excluding hydrogens is 594 g/mol. The Hall–Kier alpha value is -5.21. The Labute approximate surface area is 272 Å². The molecule has 1 aliphatic heterocycles. The molecule has 1 aliphatic carbocycles. The van der Waals surface area contributed by atoms with Crippen molar-refractivity contribution in [3.05, 3.63) is 155 Å². The van der Waals surface area contributed by atoms with E-state index in [0.29, 0.717) is 36.5 Å². The molecule has 0 spiro atoms. The summed E-state index contributed by atoms with van der Waals surface area (Å²) in [6, 6.07) is 34.9. The number of fused-ring (bicyclic) bond motifs is 1. The number of anilines is 2. The standard InChI is InChI=1S/C37H32ClN7O/c38-33-21-34(41-25-40-33)39-22-31-24-43-23-27(26-16-17-26)20-32(35(43)42-31)44-18-19-45(36(44)46)37(28-10-4-1-5-11-28,29-12-6-2-7-13-29)30-14-8-3-9-15-30/h1-15,20-21,23-26H,16-19,22H2,(H,39,40,41). The third-order valence-electron chi connectivity index (χ3n) is 9.02. The molecule has 1 N–H and O–H groups in total. The SMILES string of the molecule is O=C1N(c2cc(C3CC3)cn3cc(CNc4cc(Cl)ncn4)nc23)CCN1C(c1ccccc1)(c1ccccc1)c1ccccc1. The number of pyridine rings is 1. The molecule has 0 radical (unpaired) electrons. The van der Waals surface area contributed by atoms with Crippen LogP contribution in [0.25, 0.3) is 5.65 Å². The molecule has 8 rings (SSSR count). The van der Waals surface area contributed by atoms with Crippen LogP contribution >= 0.6 is 11.6 Å². The first-order chi connectivity index (χ1) is 22.6. The molecule has 2 fully saturated rings. The van der Waals surface area contributed by atoms with Gasteiger partial charge in [0.2, 0.25) is 0 Å². The number of carbonyl (C=O) groups excluding carboxylic acids is 1. The highest BCUT2D eigenvalue weighted by Crippen LogP contribution is 2.46. The topological polar surface area (TPSA) is 78.7 Å². The Kier molecular flexibility index (Phi) is 7.14. The van der Waals surface area contributed by atoms with Crippen molar-refractivity contribution < 1.29 is 4.79 Å². The first-order valence-electron chi connectivity index (χ1n) is 15.6. The van der Waals surface area contributed by atoms with Crippen molar-refractivity contribution in [3.8, 4) is 0 Å². The van der Waals surface area contributed by atoms with E-state index in [1.165, 1.54) is 11.9 Å². The number of halogens is 1. The van der Waals surface area contributed by atoms with Crippen LogP contribution in [0.2, 0.25) is 5.15 Å². The first-order valence-corrected chi connectivity index (χ1v) is 16.0. The molecule has 1 saturated carbocycles. The lowest BCUT2D eigenvalue weighted by Gasteiger charge is -2.43. The van der Waals surface area contributed by atoms with E-state index >= 15 is 0 Å². The fraction of sp³-hybridized carbons (Fsp3) is 0.189. The van der Waals surface area contributed by atoms with Gasteiger partial charge in [0.15, 0.2) is 5.65 Å². The Morgan fingerprint density at radius 3 is 2.02 bits per heavy atom. The molecule has 2 aliphatic rings. The van der Waals surface area contributed by atoms with E-state index in [1.54, 1.807) is 6.07 Å². The van der Waals surface area contributed by atoms with E-state index in [-0.39, 0.29) is 6.03 Å². The van der Waals surface area contributed by atoms with Gasteiger partial charge in [-0.05, 0) is 47.1 Å². The van der Waals surface area contributed by atoms with Gasteiger partial charge in [-0.1, -0.05) is 103 Å². The number of imidazole rings is 1. The Balaban J connectivity index is 1.22. The van der Waals surface area contributed by atoms with Crippen molar-refractivity contribution in [3.63, 3.8) is 0 Å². The van der Waals surface area contributed by atoms with Gasteiger partial charge >= 0.3 is 6.03 Å². The number of nitrogens with zero attached hydrogens (tertiary/aromatic N) is 6. The van der Waals surface area contributed by atoms with Crippen LogP contribution < -0.4 is 10.2 Å². The number of hydrogen-bond acceptors (Lipinski definition) is 5. The van der Waals surface area contributed by atoms with Crippen molar-refractivity contribution in [2.45, 2.75) is 30.8 Å². The van der Waals surface area contributed by atoms with Crippen molar-refractivity contribution in [1.29, 1.82) is 0 Å². The van der Waals surface area contributed by atoms with Crippen LogP contribution in [-0.4, -0.2) is 43.4 Å². The lowest BCUT2D eigenvalue weighted by molar-refractivity contribution is 0.184. The molecule has 0 atom stereocenters. The zero-order valence-electron chi connectivity index (χ0n) is 25.1. The summed E-state index contributed by atoms with van der Waals surface area (Å²) < 4.78 is 2.07. The highest BCUT2D eigenvalue weighted by Gasteiger charge is 2.49. The number of amides is 2. The average molecular weight is 626 g/mol. The molecule has 228 valence electrons. The van der Waals surface area contributed by atoms with E-state index in [4.69, 9.17) is 16.6 Å². The predicted molar refractivity (Wildman–Crippen MR) is 180 cm³/mol. The monoisotopic (exact) mass is 625 g/mol. The molecule has 0 bridgehead atoms. The van der Waals surface area contributed by atoms with Gasteiger partial charge in [0.25, 0.3) is 0 Å². The number of benzene rings is 3. The molecule has 9 heteroatoms. The van der Waals surface area contributed by atoms with Gasteiger partial charge in [-0.25, -0.2) is 19.7 Å². The molecule has 46 heavy (non-hydrogen) atoms. The van der Waals surface area contributed by atoms with Crippen LogP contribution in [0.4, 0.5) is 16.3 Å². The van der Waals surface area contributed by atoms with E-state index in [2.05, 4.69) is 68.3 Å². The third-order valence-corrected chi connectivity index (χ3v) is 9.22. The summed E-state index contributed by atoms with van der Waals surface area (Å²) in [6.45, 7) is 1.53. The van der Waals surface area contributed by atoms with Crippen molar-refractivity contribution in [2.75, 3.05) is 23.3 Å². The summed E-state index contributed by atoms with van der Waals surface area (Å²) in [6.07, 6.45) is 7.93. The van der Waals surface area contributed by atoms with Crippen molar-refractivity contribution >= 4 is 34.8 Å². The van der Waals surface area contributed by atoms with Gasteiger partial charge in [0, 0.05) is 31.5 Å². The van der Waals surface area contributed by atoms with E-state index in [1.807, 2.05) is 70.6 Å². The summed E-state index contributed by atoms with van der Waals surface area (Å²) in [4.78, 5) is 32.1. The van der Waals surface area contributed by atoms with Crippen LogP contribution in [-0.2, 0) is 12.1 Å². The summed E-state index contributed by atoms with van der Waals surface area (Å²) in [5.41, 5.74) is 5.94. The van der Waals surface area contributed by atoms with Crippen LogP contribution in [0.3, 0.4) is 0 Å². The number of nitrogens with one attached hydrogen (secondary N) is 1. The lowest BCUT2D eigenvalue weighted by atomic mass is 9.75. The molecule has 2 amide bonds. The Morgan fingerprint density at radius 2 is 1.43 bits per heavy atom. The molecule has 1 saturated heterocycles. The molecule has 3 aromatic heterocycles. The number of urea groups is 1. The normalized spacial score (nSPS) is 15.1. The maximum Gasteiger partial charge on any atom is 0.326 e. The van der Waals surface area contributed by atoms with Crippen LogP contribution in [0, 0.1) is 0 Å². The van der Waals surface area contributed by atoms with Gasteiger partial charge in [-0.2, -0.15) is 0 Å². The fourth-order valence-corrected chi connectivity index (χ4v) is 6.91. The summed E-state index contributed by atoms with van der Waals surface area (Å²) in [5, 5.41) is 3.67. The minimum Gasteiger partial charge on any atom is -0.364 e. The quantitative estimate of drug-likeness (QED) is 0.133. The van der Waals surface area contributed by atoms with Gasteiger partial charge in [0.1, 0.15) is 22.8 Å². The van der Waals surface area contributed by atoms with Crippen LogP contribution in [0.15, 0.2) is 122 Å². The largest absolute Gasteiger partial charge is 0.364 e. The molecule has 3 aromatic carbocycles. The summed E-state index contributed by atoms with van der Waals surface area (Å²) in [7, 11) is 0. The molecule has 4 heterocycles. The summed E-state index contributed by atoms with van der Waals surface area (Å²) >= 11 is 6.06. The average Bonchev–Trinajstić information content (AvgIpc) is 3.76. The van der Waals surface area contributed by atoms with Gasteiger partial charge in [0.05, 0.1) is 17.9 Å². The minimum absolute atomic E-state index is 0.0512. The summed E-state index contributed by atoms with van der Waals surface area (Å²) in [5.74, 6) is 1.13. The second-order valence-electron chi connectivity index (χ2n) is 11.9. The maximum atomic E-state index is 14.9. The Bertz CT molecular complexity index is 1920. The zero-order chi connectivity index (χ0) is 31.1. The number of hydrogen-bond donors (Lipinski definition) is 1. The van der Waals surface area contributed by atoms with Gasteiger partial charge < -0.3 is 14.6 Å².